The van der Waals surface area contributed by atoms with Gasteiger partial charge in [-0.1, -0.05) is 133 Å². The maximum Gasteiger partial charge on any atom is 0.124 e. The highest BCUT2D eigenvalue weighted by molar-refractivity contribution is 7.22. The molecule has 55 heavy (non-hydrogen) atoms. The molecule has 0 fully saturated rings. The SMILES string of the molecule is c1ccc(-c2ccc(N(c3ccc4c(ccc5nc(-c6ccccc6)sc54)c3)c3ccc4c(ccc5c4c4ccccc4n5-c4ccccc4)c3)cc2)cc1. The van der Waals surface area contributed by atoms with Gasteiger partial charge in [-0.25, -0.2) is 4.98 Å². The van der Waals surface area contributed by atoms with Gasteiger partial charge in [-0.2, -0.15) is 0 Å². The molecule has 11 rings (SSSR count). The fraction of sp³-hybridized carbons (Fsp3) is 0. The first-order valence-electron chi connectivity index (χ1n) is 18.6. The van der Waals surface area contributed by atoms with E-state index in [1.54, 1.807) is 11.3 Å². The second-order valence-electron chi connectivity index (χ2n) is 14.0. The van der Waals surface area contributed by atoms with E-state index in [9.17, 15) is 0 Å². The van der Waals surface area contributed by atoms with E-state index in [1.807, 2.05) is 0 Å². The van der Waals surface area contributed by atoms with Crippen molar-refractivity contribution in [2.75, 3.05) is 4.90 Å². The third kappa shape index (κ3) is 5.30. The lowest BCUT2D eigenvalue weighted by atomic mass is 10.0. The number of anilines is 3. The zero-order valence-electron chi connectivity index (χ0n) is 29.8. The van der Waals surface area contributed by atoms with Crippen molar-refractivity contribution in [2.24, 2.45) is 0 Å². The number of benzene rings is 9. The topological polar surface area (TPSA) is 21.1 Å². The Labute approximate surface area is 322 Å². The van der Waals surface area contributed by atoms with Gasteiger partial charge in [0, 0.05) is 44.5 Å². The van der Waals surface area contributed by atoms with Crippen molar-refractivity contribution < 1.29 is 0 Å². The molecule has 0 unspecified atom stereocenters. The second-order valence-corrected chi connectivity index (χ2v) is 15.0. The molecule has 2 heterocycles. The minimum absolute atomic E-state index is 1.03. The summed E-state index contributed by atoms with van der Waals surface area (Å²) in [6, 6.07) is 72.2. The molecule has 0 spiro atoms. The van der Waals surface area contributed by atoms with Crippen molar-refractivity contribution in [1.29, 1.82) is 0 Å². The number of para-hydroxylation sites is 2. The van der Waals surface area contributed by atoms with Gasteiger partial charge in [0.05, 0.1) is 21.3 Å². The molecular weight excluding hydrogens is 687 g/mol. The summed E-state index contributed by atoms with van der Waals surface area (Å²) in [6.45, 7) is 0. The molecule has 0 aliphatic carbocycles. The summed E-state index contributed by atoms with van der Waals surface area (Å²) >= 11 is 1.76. The number of rotatable bonds is 6. The van der Waals surface area contributed by atoms with Gasteiger partial charge in [0.1, 0.15) is 5.01 Å². The fourth-order valence-electron chi connectivity index (χ4n) is 8.20. The molecule has 4 heteroatoms. The van der Waals surface area contributed by atoms with Crippen LogP contribution in [-0.2, 0) is 0 Å². The van der Waals surface area contributed by atoms with Gasteiger partial charge < -0.3 is 9.47 Å². The van der Waals surface area contributed by atoms with Crippen LogP contribution in [-0.4, -0.2) is 9.55 Å². The van der Waals surface area contributed by atoms with Crippen molar-refractivity contribution in [2.45, 2.75) is 0 Å². The zero-order valence-corrected chi connectivity index (χ0v) is 30.6. The van der Waals surface area contributed by atoms with Crippen molar-refractivity contribution in [1.82, 2.24) is 9.55 Å². The van der Waals surface area contributed by atoms with Crippen LogP contribution in [0.4, 0.5) is 17.1 Å². The minimum Gasteiger partial charge on any atom is -0.310 e. The van der Waals surface area contributed by atoms with E-state index in [4.69, 9.17) is 4.98 Å². The smallest absolute Gasteiger partial charge is 0.124 e. The molecular formula is C51H33N3S. The monoisotopic (exact) mass is 719 g/mol. The molecule has 258 valence electrons. The molecule has 0 saturated heterocycles. The minimum atomic E-state index is 1.03. The summed E-state index contributed by atoms with van der Waals surface area (Å²) in [6.07, 6.45) is 0. The normalized spacial score (nSPS) is 11.6. The van der Waals surface area contributed by atoms with E-state index >= 15 is 0 Å². The van der Waals surface area contributed by atoms with Gasteiger partial charge >= 0.3 is 0 Å². The van der Waals surface area contributed by atoms with Crippen LogP contribution in [0, 0.1) is 0 Å². The van der Waals surface area contributed by atoms with Crippen molar-refractivity contribution >= 4 is 82.0 Å². The number of fused-ring (bicyclic) bond motifs is 8. The molecule has 0 saturated carbocycles. The average Bonchev–Trinajstić information content (AvgIpc) is 3.85. The van der Waals surface area contributed by atoms with E-state index < -0.39 is 0 Å². The van der Waals surface area contributed by atoms with Crippen molar-refractivity contribution in [3.63, 3.8) is 0 Å². The molecule has 11 aromatic rings. The fourth-order valence-corrected chi connectivity index (χ4v) is 9.31. The highest BCUT2D eigenvalue weighted by Crippen LogP contribution is 2.43. The Morgan fingerprint density at radius 3 is 1.75 bits per heavy atom. The molecule has 9 aromatic carbocycles. The molecule has 3 nitrogen and oxygen atoms in total. The number of aromatic nitrogens is 2. The maximum atomic E-state index is 5.01. The largest absolute Gasteiger partial charge is 0.310 e. The van der Waals surface area contributed by atoms with E-state index in [0.717, 1.165) is 38.8 Å². The summed E-state index contributed by atoms with van der Waals surface area (Å²) < 4.78 is 3.60. The molecule has 0 radical (unpaired) electrons. The third-order valence-electron chi connectivity index (χ3n) is 10.8. The van der Waals surface area contributed by atoms with Gasteiger partial charge in [0.25, 0.3) is 0 Å². The third-order valence-corrected chi connectivity index (χ3v) is 11.9. The van der Waals surface area contributed by atoms with Gasteiger partial charge in [-0.3, -0.25) is 0 Å². The molecule has 0 amide bonds. The molecule has 0 aliphatic rings. The van der Waals surface area contributed by atoms with Gasteiger partial charge in [-0.05, 0) is 94.0 Å². The average molecular weight is 720 g/mol. The number of thiazole rings is 1. The first-order valence-corrected chi connectivity index (χ1v) is 19.4. The van der Waals surface area contributed by atoms with Crippen LogP contribution in [0.1, 0.15) is 0 Å². The highest BCUT2D eigenvalue weighted by Gasteiger charge is 2.19. The Bertz CT molecular complexity index is 3180. The lowest BCUT2D eigenvalue weighted by molar-refractivity contribution is 1.18. The lowest BCUT2D eigenvalue weighted by Gasteiger charge is -2.26. The zero-order chi connectivity index (χ0) is 36.3. The van der Waals surface area contributed by atoms with E-state index in [-0.39, 0.29) is 0 Å². The van der Waals surface area contributed by atoms with E-state index in [2.05, 4.69) is 210 Å². The van der Waals surface area contributed by atoms with Crippen molar-refractivity contribution in [3.8, 4) is 27.4 Å². The molecule has 0 bridgehead atoms. The molecule has 0 N–H and O–H groups in total. The van der Waals surface area contributed by atoms with E-state index in [0.29, 0.717) is 0 Å². The number of nitrogens with zero attached hydrogens (tertiary/aromatic N) is 3. The Morgan fingerprint density at radius 1 is 0.418 bits per heavy atom. The summed E-state index contributed by atoms with van der Waals surface area (Å²) in [5.41, 5.74) is 11.5. The van der Waals surface area contributed by atoms with E-state index in [1.165, 1.54) is 59.2 Å². The molecule has 0 atom stereocenters. The molecule has 2 aromatic heterocycles. The van der Waals surface area contributed by atoms with Crippen LogP contribution in [0.2, 0.25) is 0 Å². The van der Waals surface area contributed by atoms with Crippen LogP contribution >= 0.6 is 11.3 Å². The summed E-state index contributed by atoms with van der Waals surface area (Å²) in [7, 11) is 0. The predicted molar refractivity (Wildman–Crippen MR) is 235 cm³/mol. The first-order chi connectivity index (χ1) is 27.3. The quantitative estimate of drug-likeness (QED) is 0.171. The van der Waals surface area contributed by atoms with Gasteiger partial charge in [0.15, 0.2) is 0 Å². The number of hydrogen-bond donors (Lipinski definition) is 0. The highest BCUT2D eigenvalue weighted by atomic mass is 32.1. The Kier molecular flexibility index (Phi) is 7.35. The van der Waals surface area contributed by atoms with Crippen LogP contribution in [0.5, 0.6) is 0 Å². The lowest BCUT2D eigenvalue weighted by Crippen LogP contribution is -2.10. The number of hydrogen-bond acceptors (Lipinski definition) is 3. The summed E-state index contributed by atoms with van der Waals surface area (Å²) in [5, 5.41) is 8.43. The summed E-state index contributed by atoms with van der Waals surface area (Å²) in [4.78, 5) is 7.40. The molecule has 0 aliphatic heterocycles. The van der Waals surface area contributed by atoms with Crippen LogP contribution in [0.15, 0.2) is 200 Å². The van der Waals surface area contributed by atoms with Crippen LogP contribution in [0.25, 0.3) is 81.0 Å². The Hall–Kier alpha value is -7.01. The Balaban J connectivity index is 1.08. The van der Waals surface area contributed by atoms with Gasteiger partial charge in [-0.15, -0.1) is 11.3 Å². The predicted octanol–water partition coefficient (Wildman–Crippen LogP) is 14.5. The van der Waals surface area contributed by atoms with Crippen LogP contribution in [0.3, 0.4) is 0 Å². The Morgan fingerprint density at radius 2 is 1.00 bits per heavy atom. The van der Waals surface area contributed by atoms with Crippen molar-refractivity contribution in [3.05, 3.63) is 200 Å². The van der Waals surface area contributed by atoms with Gasteiger partial charge in [0.2, 0.25) is 0 Å². The second kappa shape index (κ2) is 12.8. The first kappa shape index (κ1) is 31.5. The standard InChI is InChI=1S/C51H33N3S/c1-4-12-34(13-5-1)35-20-24-40(25-21-35)53(42-27-29-44-38(33-42)22-30-46-50(44)55-51(52-46)36-14-6-2-7-15-36)41-26-28-43-37(32-41)23-31-48-49(43)45-18-10-11-19-47(45)54(48)39-16-8-3-9-17-39/h1-33H. The summed E-state index contributed by atoms with van der Waals surface area (Å²) in [5.74, 6) is 0. The van der Waals surface area contributed by atoms with Crippen LogP contribution < -0.4 is 4.90 Å². The maximum absolute atomic E-state index is 5.01.